The van der Waals surface area contributed by atoms with Crippen molar-refractivity contribution >= 4 is 23.2 Å². The molecule has 1 aromatic rings. The summed E-state index contributed by atoms with van der Waals surface area (Å²) < 4.78 is 5.50. The fourth-order valence-corrected chi connectivity index (χ4v) is 1.41. The quantitative estimate of drug-likeness (QED) is 0.895. The molecule has 0 unspecified atom stereocenters. The van der Waals surface area contributed by atoms with Crippen LogP contribution in [0.3, 0.4) is 0 Å². The SMILES string of the molecule is Cc1cc([C@H](C)N)ccc1OC/C(Cl)=C/Cl. The fourth-order valence-electron chi connectivity index (χ4n) is 1.30. The molecular weight excluding hydrogens is 245 g/mol. The number of halogens is 2. The first-order valence-electron chi connectivity index (χ1n) is 4.98. The number of aryl methyl sites for hydroxylation is 1. The molecule has 0 heterocycles. The number of nitrogens with two attached hydrogens (primary N) is 1. The van der Waals surface area contributed by atoms with Crippen molar-refractivity contribution < 1.29 is 4.74 Å². The Labute approximate surface area is 106 Å². The van der Waals surface area contributed by atoms with Gasteiger partial charge < -0.3 is 10.5 Å². The molecule has 4 heteroatoms. The van der Waals surface area contributed by atoms with Gasteiger partial charge in [-0.1, -0.05) is 35.3 Å². The summed E-state index contributed by atoms with van der Waals surface area (Å²) in [6.07, 6.45) is 0. The van der Waals surface area contributed by atoms with Crippen molar-refractivity contribution in [3.63, 3.8) is 0 Å². The highest BCUT2D eigenvalue weighted by Gasteiger charge is 2.04. The summed E-state index contributed by atoms with van der Waals surface area (Å²) in [5.74, 6) is 0.793. The lowest BCUT2D eigenvalue weighted by Gasteiger charge is -2.11. The second-order valence-corrected chi connectivity index (χ2v) is 4.36. The Morgan fingerprint density at radius 1 is 1.56 bits per heavy atom. The fraction of sp³-hybridized carbons (Fsp3) is 0.333. The van der Waals surface area contributed by atoms with Crippen molar-refractivity contribution in [2.45, 2.75) is 19.9 Å². The Morgan fingerprint density at radius 3 is 2.75 bits per heavy atom. The molecule has 0 aromatic heterocycles. The van der Waals surface area contributed by atoms with E-state index in [2.05, 4.69) is 0 Å². The highest BCUT2D eigenvalue weighted by molar-refractivity contribution is 6.36. The molecule has 0 amide bonds. The van der Waals surface area contributed by atoms with Crippen LogP contribution >= 0.6 is 23.2 Å². The molecule has 0 aliphatic rings. The summed E-state index contributed by atoms with van der Waals surface area (Å²) in [6.45, 7) is 4.20. The first-order chi connectivity index (χ1) is 7.54. The van der Waals surface area contributed by atoms with Crippen molar-refractivity contribution in [2.75, 3.05) is 6.61 Å². The van der Waals surface area contributed by atoms with Gasteiger partial charge in [-0.3, -0.25) is 0 Å². The molecular formula is C12H15Cl2NO. The van der Waals surface area contributed by atoms with Crippen LogP contribution in [-0.4, -0.2) is 6.61 Å². The molecule has 2 N–H and O–H groups in total. The molecule has 0 saturated heterocycles. The first-order valence-corrected chi connectivity index (χ1v) is 5.79. The minimum Gasteiger partial charge on any atom is -0.488 e. The summed E-state index contributed by atoms with van der Waals surface area (Å²) in [5, 5.41) is 0.470. The van der Waals surface area contributed by atoms with E-state index < -0.39 is 0 Å². The standard InChI is InChI=1S/C12H15Cl2NO/c1-8-5-10(9(2)15)3-4-12(8)16-7-11(14)6-13/h3-6,9H,7,15H2,1-2H3/b11-6-/t9-/m0/s1. The summed E-state index contributed by atoms with van der Waals surface area (Å²) >= 11 is 11.2. The lowest BCUT2D eigenvalue weighted by atomic mass is 10.1. The third-order valence-electron chi connectivity index (χ3n) is 2.21. The van der Waals surface area contributed by atoms with Crippen molar-refractivity contribution in [1.82, 2.24) is 0 Å². The average molecular weight is 260 g/mol. The van der Waals surface area contributed by atoms with Gasteiger partial charge in [-0.2, -0.15) is 0 Å². The van der Waals surface area contributed by atoms with Crippen molar-refractivity contribution in [2.24, 2.45) is 5.73 Å². The molecule has 16 heavy (non-hydrogen) atoms. The van der Waals surface area contributed by atoms with Gasteiger partial charge in [-0.15, -0.1) is 0 Å². The normalized spacial score (nSPS) is 13.7. The minimum absolute atomic E-state index is 0.0269. The van der Waals surface area contributed by atoms with Crippen molar-refractivity contribution in [3.8, 4) is 5.75 Å². The van der Waals surface area contributed by atoms with Gasteiger partial charge in [0.05, 0.1) is 5.03 Å². The van der Waals surface area contributed by atoms with Crippen LogP contribution in [0, 0.1) is 6.92 Å². The minimum atomic E-state index is 0.0269. The van der Waals surface area contributed by atoms with Crippen LogP contribution in [-0.2, 0) is 0 Å². The van der Waals surface area contributed by atoms with E-state index in [4.69, 9.17) is 33.7 Å². The van der Waals surface area contributed by atoms with Crippen LogP contribution in [0.4, 0.5) is 0 Å². The second-order valence-electron chi connectivity index (χ2n) is 3.66. The first kappa shape index (κ1) is 13.4. The Bertz CT molecular complexity index is 389. The molecule has 0 radical (unpaired) electrons. The summed E-state index contributed by atoms with van der Waals surface area (Å²) in [7, 11) is 0. The van der Waals surface area contributed by atoms with E-state index in [1.54, 1.807) is 0 Å². The molecule has 1 atom stereocenters. The highest BCUT2D eigenvalue weighted by atomic mass is 35.5. The zero-order valence-corrected chi connectivity index (χ0v) is 10.8. The van der Waals surface area contributed by atoms with E-state index in [1.165, 1.54) is 5.54 Å². The zero-order chi connectivity index (χ0) is 12.1. The van der Waals surface area contributed by atoms with Gasteiger partial charge in [0.25, 0.3) is 0 Å². The van der Waals surface area contributed by atoms with Gasteiger partial charge in [0.2, 0.25) is 0 Å². The molecule has 0 aliphatic heterocycles. The third kappa shape index (κ3) is 3.71. The molecule has 0 saturated carbocycles. The highest BCUT2D eigenvalue weighted by Crippen LogP contribution is 2.22. The van der Waals surface area contributed by atoms with E-state index in [9.17, 15) is 0 Å². The number of rotatable bonds is 4. The smallest absolute Gasteiger partial charge is 0.125 e. The molecule has 0 spiro atoms. The Balaban J connectivity index is 2.75. The van der Waals surface area contributed by atoms with Gasteiger partial charge in [0.1, 0.15) is 12.4 Å². The average Bonchev–Trinajstić information content (AvgIpc) is 2.26. The van der Waals surface area contributed by atoms with E-state index in [0.717, 1.165) is 16.9 Å². The van der Waals surface area contributed by atoms with E-state index in [-0.39, 0.29) is 12.6 Å². The van der Waals surface area contributed by atoms with E-state index in [1.807, 2.05) is 32.0 Å². The van der Waals surface area contributed by atoms with Gasteiger partial charge >= 0.3 is 0 Å². The molecule has 0 fully saturated rings. The van der Waals surface area contributed by atoms with Crippen LogP contribution in [0.5, 0.6) is 5.75 Å². The van der Waals surface area contributed by atoms with Crippen LogP contribution in [0.1, 0.15) is 24.1 Å². The Hall–Kier alpha value is -0.700. The predicted octanol–water partition coefficient (Wildman–Crippen LogP) is 3.71. The number of benzene rings is 1. The van der Waals surface area contributed by atoms with Gasteiger partial charge in [0, 0.05) is 11.6 Å². The largest absolute Gasteiger partial charge is 0.488 e. The topological polar surface area (TPSA) is 35.2 Å². The molecule has 0 bridgehead atoms. The number of ether oxygens (including phenoxy) is 1. The van der Waals surface area contributed by atoms with Crippen molar-refractivity contribution in [1.29, 1.82) is 0 Å². The summed E-state index contributed by atoms with van der Waals surface area (Å²) in [6, 6.07) is 5.88. The Kier molecular flexibility index (Phi) is 5.13. The van der Waals surface area contributed by atoms with Crippen LogP contribution in [0.15, 0.2) is 28.8 Å². The summed E-state index contributed by atoms with van der Waals surface area (Å²) in [4.78, 5) is 0. The maximum Gasteiger partial charge on any atom is 0.125 e. The predicted molar refractivity (Wildman–Crippen MR) is 69.1 cm³/mol. The van der Waals surface area contributed by atoms with Crippen LogP contribution in [0.2, 0.25) is 0 Å². The molecule has 0 aliphatic carbocycles. The number of hydrogen-bond acceptors (Lipinski definition) is 2. The van der Waals surface area contributed by atoms with Crippen LogP contribution < -0.4 is 10.5 Å². The van der Waals surface area contributed by atoms with E-state index >= 15 is 0 Å². The molecule has 2 nitrogen and oxygen atoms in total. The molecule has 1 rings (SSSR count). The summed E-state index contributed by atoms with van der Waals surface area (Å²) in [5.41, 5.74) is 9.21. The second kappa shape index (κ2) is 6.14. The molecule has 88 valence electrons. The number of hydrogen-bond donors (Lipinski definition) is 1. The van der Waals surface area contributed by atoms with Gasteiger partial charge in [-0.05, 0) is 31.0 Å². The van der Waals surface area contributed by atoms with Crippen molar-refractivity contribution in [3.05, 3.63) is 39.9 Å². The lowest BCUT2D eigenvalue weighted by molar-refractivity contribution is 0.356. The van der Waals surface area contributed by atoms with E-state index in [0.29, 0.717) is 5.03 Å². The lowest BCUT2D eigenvalue weighted by Crippen LogP contribution is -2.06. The maximum atomic E-state index is 5.79. The third-order valence-corrected chi connectivity index (χ3v) is 2.80. The monoisotopic (exact) mass is 259 g/mol. The van der Waals surface area contributed by atoms with Crippen LogP contribution in [0.25, 0.3) is 0 Å². The van der Waals surface area contributed by atoms with Gasteiger partial charge in [-0.25, -0.2) is 0 Å². The molecule has 1 aromatic carbocycles. The van der Waals surface area contributed by atoms with Gasteiger partial charge in [0.15, 0.2) is 0 Å². The maximum absolute atomic E-state index is 5.79. The Morgan fingerprint density at radius 2 is 2.25 bits per heavy atom. The zero-order valence-electron chi connectivity index (χ0n) is 9.34.